The summed E-state index contributed by atoms with van der Waals surface area (Å²) in [4.78, 5) is 18.1. The molecule has 0 aliphatic rings. The number of nitrogens with one attached hydrogen (secondary N) is 2. The molecule has 3 heterocycles. The van der Waals surface area contributed by atoms with Crippen LogP contribution in [0.25, 0.3) is 10.7 Å². The number of thiazole rings is 1. The fourth-order valence-electron chi connectivity index (χ4n) is 3.26. The number of pyridine rings is 1. The molecule has 6 nitrogen and oxygen atoms in total. The average Bonchev–Trinajstić information content (AvgIpc) is 3.17. The summed E-state index contributed by atoms with van der Waals surface area (Å²) in [7, 11) is 0. The standard InChI is InChI=1S/C23H24N6S2/c1-15-9-16(2)11-18(10-15)27-23-26-8-6-19(29-23)21-28-20(22(30-3)31-21)14-25-13-17-5-4-7-24-12-17/h4-12,25H,13-14H2,1-3H3,(H,26,27,29). The van der Waals surface area contributed by atoms with Crippen molar-refractivity contribution in [2.45, 2.75) is 31.1 Å². The Bertz CT molecular complexity index is 1140. The lowest BCUT2D eigenvalue weighted by molar-refractivity contribution is 0.674. The molecule has 0 aliphatic carbocycles. The van der Waals surface area contributed by atoms with Crippen molar-refractivity contribution in [3.05, 3.63) is 77.4 Å². The molecule has 4 rings (SSSR count). The third-order valence-corrected chi connectivity index (χ3v) is 6.81. The minimum absolute atomic E-state index is 0.569. The molecule has 0 atom stereocenters. The van der Waals surface area contributed by atoms with Crippen LogP contribution in [-0.2, 0) is 13.1 Å². The van der Waals surface area contributed by atoms with Gasteiger partial charge in [0.25, 0.3) is 0 Å². The fourth-order valence-corrected chi connectivity index (χ4v) is 4.97. The summed E-state index contributed by atoms with van der Waals surface area (Å²) in [5.41, 5.74) is 6.40. The summed E-state index contributed by atoms with van der Waals surface area (Å²) < 4.78 is 1.19. The first-order chi connectivity index (χ1) is 15.1. The topological polar surface area (TPSA) is 75.6 Å². The molecule has 0 amide bonds. The first-order valence-corrected chi connectivity index (χ1v) is 12.0. The van der Waals surface area contributed by atoms with Crippen LogP contribution in [0.1, 0.15) is 22.4 Å². The van der Waals surface area contributed by atoms with E-state index in [0.29, 0.717) is 12.5 Å². The monoisotopic (exact) mass is 448 g/mol. The van der Waals surface area contributed by atoms with Gasteiger partial charge in [-0.3, -0.25) is 4.98 Å². The number of rotatable bonds is 8. The van der Waals surface area contributed by atoms with Crippen molar-refractivity contribution in [1.29, 1.82) is 0 Å². The van der Waals surface area contributed by atoms with Gasteiger partial charge in [-0.1, -0.05) is 12.1 Å². The summed E-state index contributed by atoms with van der Waals surface area (Å²) in [6.45, 7) is 5.62. The summed E-state index contributed by atoms with van der Waals surface area (Å²) >= 11 is 3.37. The Morgan fingerprint density at radius 3 is 2.58 bits per heavy atom. The van der Waals surface area contributed by atoms with Gasteiger partial charge in [-0.05, 0) is 61.1 Å². The highest BCUT2D eigenvalue weighted by Crippen LogP contribution is 2.33. The molecule has 0 fully saturated rings. The number of anilines is 2. The zero-order valence-electron chi connectivity index (χ0n) is 17.7. The van der Waals surface area contributed by atoms with Crippen molar-refractivity contribution < 1.29 is 0 Å². The molecule has 0 saturated heterocycles. The predicted octanol–water partition coefficient (Wildman–Crippen LogP) is 5.37. The molecule has 4 aromatic rings. The third kappa shape index (κ3) is 5.66. The third-order valence-electron chi connectivity index (χ3n) is 4.54. The van der Waals surface area contributed by atoms with Gasteiger partial charge < -0.3 is 10.6 Å². The van der Waals surface area contributed by atoms with Gasteiger partial charge in [-0.15, -0.1) is 23.1 Å². The largest absolute Gasteiger partial charge is 0.324 e. The maximum Gasteiger partial charge on any atom is 0.227 e. The van der Waals surface area contributed by atoms with E-state index in [2.05, 4.69) is 65.0 Å². The molecule has 158 valence electrons. The van der Waals surface area contributed by atoms with Crippen molar-refractivity contribution in [1.82, 2.24) is 25.3 Å². The minimum Gasteiger partial charge on any atom is -0.324 e. The average molecular weight is 449 g/mol. The zero-order valence-corrected chi connectivity index (χ0v) is 19.3. The molecule has 0 spiro atoms. The zero-order chi connectivity index (χ0) is 21.6. The smallest absolute Gasteiger partial charge is 0.227 e. The van der Waals surface area contributed by atoms with E-state index in [4.69, 9.17) is 9.97 Å². The van der Waals surface area contributed by atoms with Crippen LogP contribution in [0.2, 0.25) is 0 Å². The van der Waals surface area contributed by atoms with Gasteiger partial charge in [-0.2, -0.15) is 0 Å². The summed E-state index contributed by atoms with van der Waals surface area (Å²) in [6, 6.07) is 12.2. The van der Waals surface area contributed by atoms with E-state index < -0.39 is 0 Å². The van der Waals surface area contributed by atoms with Gasteiger partial charge in [0.05, 0.1) is 9.90 Å². The van der Waals surface area contributed by atoms with Crippen molar-refractivity contribution in [2.24, 2.45) is 0 Å². The highest BCUT2D eigenvalue weighted by molar-refractivity contribution is 8.00. The predicted molar refractivity (Wildman–Crippen MR) is 129 cm³/mol. The number of hydrogen-bond donors (Lipinski definition) is 2. The number of hydrogen-bond acceptors (Lipinski definition) is 8. The molecule has 0 radical (unpaired) electrons. The van der Waals surface area contributed by atoms with Crippen LogP contribution < -0.4 is 10.6 Å². The van der Waals surface area contributed by atoms with Crippen molar-refractivity contribution in [3.63, 3.8) is 0 Å². The molecule has 0 bridgehead atoms. The van der Waals surface area contributed by atoms with Crippen LogP contribution >= 0.6 is 23.1 Å². The van der Waals surface area contributed by atoms with Gasteiger partial charge >= 0.3 is 0 Å². The van der Waals surface area contributed by atoms with E-state index in [9.17, 15) is 0 Å². The first kappa shape index (κ1) is 21.4. The molecule has 8 heteroatoms. The van der Waals surface area contributed by atoms with Crippen LogP contribution in [0.4, 0.5) is 11.6 Å². The number of nitrogens with zero attached hydrogens (tertiary/aromatic N) is 4. The Balaban J connectivity index is 1.49. The second kappa shape index (κ2) is 10.00. The summed E-state index contributed by atoms with van der Waals surface area (Å²) in [5, 5.41) is 7.67. The van der Waals surface area contributed by atoms with Gasteiger partial charge in [0.2, 0.25) is 5.95 Å². The SMILES string of the molecule is CSc1sc(-c2ccnc(Nc3cc(C)cc(C)c3)n2)nc1CNCc1cccnc1. The van der Waals surface area contributed by atoms with Crippen molar-refractivity contribution >= 4 is 34.7 Å². The second-order valence-corrected chi connectivity index (χ2v) is 9.26. The molecular formula is C23H24N6S2. The molecule has 0 saturated carbocycles. The lowest BCUT2D eigenvalue weighted by Crippen LogP contribution is -2.13. The maximum absolute atomic E-state index is 4.86. The Morgan fingerprint density at radius 2 is 1.84 bits per heavy atom. The number of aromatic nitrogens is 4. The van der Waals surface area contributed by atoms with Gasteiger partial charge in [0.1, 0.15) is 10.7 Å². The normalized spacial score (nSPS) is 10.9. The molecule has 0 aliphatic heterocycles. The quantitative estimate of drug-likeness (QED) is 0.351. The van der Waals surface area contributed by atoms with E-state index in [-0.39, 0.29) is 0 Å². The van der Waals surface area contributed by atoms with E-state index in [0.717, 1.165) is 34.2 Å². The maximum atomic E-state index is 4.86. The van der Waals surface area contributed by atoms with E-state index in [1.807, 2.05) is 18.3 Å². The van der Waals surface area contributed by atoms with Crippen LogP contribution in [0.5, 0.6) is 0 Å². The van der Waals surface area contributed by atoms with Crippen molar-refractivity contribution in [2.75, 3.05) is 11.6 Å². The Kier molecular flexibility index (Phi) is 6.91. The fraction of sp³-hybridized carbons (Fsp3) is 0.217. The van der Waals surface area contributed by atoms with E-state index >= 15 is 0 Å². The molecule has 1 aromatic carbocycles. The highest BCUT2D eigenvalue weighted by atomic mass is 32.2. The van der Waals surface area contributed by atoms with Crippen molar-refractivity contribution in [3.8, 4) is 10.7 Å². The molecular weight excluding hydrogens is 424 g/mol. The number of aryl methyl sites for hydroxylation is 2. The van der Waals surface area contributed by atoms with Crippen LogP contribution in [-0.4, -0.2) is 26.2 Å². The van der Waals surface area contributed by atoms with Crippen LogP contribution in [0.3, 0.4) is 0 Å². The van der Waals surface area contributed by atoms with Crippen LogP contribution in [0.15, 0.2) is 59.2 Å². The molecule has 2 N–H and O–H groups in total. The molecule has 31 heavy (non-hydrogen) atoms. The molecule has 3 aromatic heterocycles. The van der Waals surface area contributed by atoms with Gasteiger partial charge in [0, 0.05) is 37.4 Å². The minimum atomic E-state index is 0.569. The highest BCUT2D eigenvalue weighted by Gasteiger charge is 2.14. The Morgan fingerprint density at radius 1 is 1.00 bits per heavy atom. The summed E-state index contributed by atoms with van der Waals surface area (Å²) in [6.07, 6.45) is 7.51. The molecule has 0 unspecified atom stereocenters. The lowest BCUT2D eigenvalue weighted by atomic mass is 10.1. The second-order valence-electron chi connectivity index (χ2n) is 7.19. The lowest BCUT2D eigenvalue weighted by Gasteiger charge is -2.07. The first-order valence-electron chi connectivity index (χ1n) is 9.93. The van der Waals surface area contributed by atoms with Gasteiger partial charge in [0.15, 0.2) is 0 Å². The van der Waals surface area contributed by atoms with E-state index in [1.165, 1.54) is 15.3 Å². The Labute approximate surface area is 190 Å². The van der Waals surface area contributed by atoms with Gasteiger partial charge in [-0.25, -0.2) is 15.0 Å². The number of thioether (sulfide) groups is 1. The number of benzene rings is 1. The van der Waals surface area contributed by atoms with Crippen LogP contribution in [0, 0.1) is 13.8 Å². The Hall–Kier alpha value is -2.81. The summed E-state index contributed by atoms with van der Waals surface area (Å²) in [5.74, 6) is 0.569. The van der Waals surface area contributed by atoms with E-state index in [1.54, 1.807) is 35.5 Å².